The van der Waals surface area contributed by atoms with Gasteiger partial charge in [0.25, 0.3) is 0 Å². The molecule has 6 nitrogen and oxygen atoms in total. The molecular formula is C29H32N2O4. The summed E-state index contributed by atoms with van der Waals surface area (Å²) in [5.74, 6) is -3.68. The number of aliphatic carboxylic acids is 2. The van der Waals surface area contributed by atoms with Crippen LogP contribution in [0.3, 0.4) is 0 Å². The molecule has 2 N–H and O–H groups in total. The first-order valence-electron chi connectivity index (χ1n) is 12.1. The SMILES string of the molecule is CCN(CC)c1ccc(C2(c3c(C)n(CC)c4ccccc34)C=CC=C(C(=O)O)C2C(=O)O)cc1. The number of fused-ring (bicyclic) bond motifs is 1. The van der Waals surface area contributed by atoms with Crippen LogP contribution in [0.1, 0.15) is 37.6 Å². The van der Waals surface area contributed by atoms with Crippen molar-refractivity contribution in [2.24, 2.45) is 5.92 Å². The van der Waals surface area contributed by atoms with E-state index in [4.69, 9.17) is 0 Å². The summed E-state index contributed by atoms with van der Waals surface area (Å²) in [6.07, 6.45) is 4.98. The molecule has 0 radical (unpaired) electrons. The lowest BCUT2D eigenvalue weighted by molar-refractivity contribution is -0.145. The van der Waals surface area contributed by atoms with Crippen LogP contribution in [0.2, 0.25) is 0 Å². The van der Waals surface area contributed by atoms with Crippen LogP contribution in [0.5, 0.6) is 0 Å². The Kier molecular flexibility index (Phi) is 6.57. The molecule has 0 bridgehead atoms. The number of carbonyl (C=O) groups is 2. The fourth-order valence-corrected chi connectivity index (χ4v) is 5.80. The number of hydrogen-bond donors (Lipinski definition) is 2. The molecule has 0 fully saturated rings. The van der Waals surface area contributed by atoms with Crippen molar-refractivity contribution in [1.29, 1.82) is 0 Å². The van der Waals surface area contributed by atoms with Crippen LogP contribution in [0.25, 0.3) is 10.9 Å². The summed E-state index contributed by atoms with van der Waals surface area (Å²) in [5.41, 5.74) is 3.25. The van der Waals surface area contributed by atoms with Crippen LogP contribution in [-0.4, -0.2) is 39.8 Å². The number of carboxylic acid groups (broad SMARTS) is 2. The molecule has 6 heteroatoms. The number of rotatable bonds is 8. The first kappa shape index (κ1) is 24.3. The van der Waals surface area contributed by atoms with E-state index in [2.05, 4.69) is 30.2 Å². The first-order valence-corrected chi connectivity index (χ1v) is 12.1. The van der Waals surface area contributed by atoms with E-state index in [1.807, 2.05) is 61.5 Å². The van der Waals surface area contributed by atoms with E-state index in [1.165, 1.54) is 6.08 Å². The van der Waals surface area contributed by atoms with Gasteiger partial charge in [-0.15, -0.1) is 0 Å². The van der Waals surface area contributed by atoms with E-state index in [9.17, 15) is 19.8 Å². The first-order chi connectivity index (χ1) is 16.8. The van der Waals surface area contributed by atoms with E-state index in [0.717, 1.165) is 46.5 Å². The van der Waals surface area contributed by atoms with Crippen LogP contribution >= 0.6 is 0 Å². The highest BCUT2D eigenvalue weighted by Gasteiger charge is 2.51. The predicted octanol–water partition coefficient (Wildman–Crippen LogP) is 5.38. The van der Waals surface area contributed by atoms with Gasteiger partial charge in [-0.2, -0.15) is 0 Å². The number of anilines is 1. The molecule has 1 aliphatic rings. The molecule has 1 aromatic heterocycles. The molecular weight excluding hydrogens is 440 g/mol. The molecule has 0 spiro atoms. The number of hydrogen-bond acceptors (Lipinski definition) is 3. The van der Waals surface area contributed by atoms with Gasteiger partial charge in [-0.25, -0.2) is 4.79 Å². The van der Waals surface area contributed by atoms with E-state index in [1.54, 1.807) is 6.08 Å². The summed E-state index contributed by atoms with van der Waals surface area (Å²) < 4.78 is 2.17. The smallest absolute Gasteiger partial charge is 0.332 e. The highest BCUT2D eigenvalue weighted by molar-refractivity contribution is 5.98. The van der Waals surface area contributed by atoms with Crippen molar-refractivity contribution in [3.05, 3.63) is 89.2 Å². The monoisotopic (exact) mass is 472 g/mol. The van der Waals surface area contributed by atoms with Crippen molar-refractivity contribution in [2.75, 3.05) is 18.0 Å². The lowest BCUT2D eigenvalue weighted by Gasteiger charge is -2.40. The zero-order valence-electron chi connectivity index (χ0n) is 20.7. The summed E-state index contributed by atoms with van der Waals surface area (Å²) in [7, 11) is 0. The third kappa shape index (κ3) is 3.73. The van der Waals surface area contributed by atoms with E-state index in [0.29, 0.717) is 6.54 Å². The van der Waals surface area contributed by atoms with Crippen molar-refractivity contribution in [3.63, 3.8) is 0 Å². The zero-order valence-corrected chi connectivity index (χ0v) is 20.7. The number of allylic oxidation sites excluding steroid dienone is 3. The van der Waals surface area contributed by atoms with E-state index < -0.39 is 23.3 Å². The number of benzene rings is 2. The average molecular weight is 473 g/mol. The molecule has 0 aliphatic heterocycles. The molecule has 0 saturated heterocycles. The minimum absolute atomic E-state index is 0.124. The number of aryl methyl sites for hydroxylation is 1. The van der Waals surface area contributed by atoms with Crippen LogP contribution in [-0.2, 0) is 21.5 Å². The quantitative estimate of drug-likeness (QED) is 0.460. The number of aromatic nitrogens is 1. The van der Waals surface area contributed by atoms with Crippen LogP contribution in [0.15, 0.2) is 72.3 Å². The highest BCUT2D eigenvalue weighted by Crippen LogP contribution is 2.50. The maximum Gasteiger partial charge on any atom is 0.332 e. The number of nitrogens with zero attached hydrogens (tertiary/aromatic N) is 2. The molecule has 4 rings (SSSR count). The Balaban J connectivity index is 2.10. The third-order valence-corrected chi connectivity index (χ3v) is 7.33. The average Bonchev–Trinajstić information content (AvgIpc) is 3.15. The van der Waals surface area contributed by atoms with Gasteiger partial charge in [-0.3, -0.25) is 4.79 Å². The van der Waals surface area contributed by atoms with E-state index >= 15 is 0 Å². The van der Waals surface area contributed by atoms with Gasteiger partial charge in [0.15, 0.2) is 0 Å². The van der Waals surface area contributed by atoms with Crippen molar-refractivity contribution in [1.82, 2.24) is 4.57 Å². The molecule has 2 unspecified atom stereocenters. The molecule has 0 amide bonds. The molecule has 35 heavy (non-hydrogen) atoms. The Bertz CT molecular complexity index is 1330. The maximum absolute atomic E-state index is 12.9. The van der Waals surface area contributed by atoms with Gasteiger partial charge < -0.3 is 19.7 Å². The minimum atomic E-state index is -1.29. The second kappa shape index (κ2) is 9.45. The Labute approximate surface area is 205 Å². The van der Waals surface area contributed by atoms with Gasteiger partial charge in [-0.1, -0.05) is 48.6 Å². The van der Waals surface area contributed by atoms with Gasteiger partial charge in [0.2, 0.25) is 0 Å². The maximum atomic E-state index is 12.9. The van der Waals surface area contributed by atoms with Crippen molar-refractivity contribution >= 4 is 28.5 Å². The second-order valence-corrected chi connectivity index (χ2v) is 8.87. The number of para-hydroxylation sites is 1. The molecule has 182 valence electrons. The van der Waals surface area contributed by atoms with Crippen molar-refractivity contribution in [3.8, 4) is 0 Å². The second-order valence-electron chi connectivity index (χ2n) is 8.87. The van der Waals surface area contributed by atoms with Crippen LogP contribution in [0.4, 0.5) is 5.69 Å². The lowest BCUT2D eigenvalue weighted by Crippen LogP contribution is -2.44. The van der Waals surface area contributed by atoms with Gasteiger partial charge in [0.05, 0.1) is 11.0 Å². The van der Waals surface area contributed by atoms with Crippen LogP contribution < -0.4 is 4.90 Å². The van der Waals surface area contributed by atoms with Gasteiger partial charge in [-0.05, 0) is 57.0 Å². The Hall–Kier alpha value is -3.80. The summed E-state index contributed by atoms with van der Waals surface area (Å²) in [6.45, 7) is 10.7. The van der Waals surface area contributed by atoms with Gasteiger partial charge in [0, 0.05) is 41.9 Å². The minimum Gasteiger partial charge on any atom is -0.481 e. The largest absolute Gasteiger partial charge is 0.481 e. The summed E-state index contributed by atoms with van der Waals surface area (Å²) >= 11 is 0. The van der Waals surface area contributed by atoms with Gasteiger partial charge >= 0.3 is 11.9 Å². The van der Waals surface area contributed by atoms with Crippen LogP contribution in [0, 0.1) is 12.8 Å². The fourth-order valence-electron chi connectivity index (χ4n) is 5.80. The standard InChI is InChI=1S/C29H32N2O4/c1-5-30(6-2)21-16-14-20(15-17-21)29(18-10-12-23(27(32)33)26(29)28(34)35)25-19(4)31(7-3)24-13-9-8-11-22(24)25/h8-18,26H,5-7H2,1-4H3,(H,32,33)(H,34,35). The normalized spacial score (nSPS) is 19.5. The van der Waals surface area contributed by atoms with Crippen molar-refractivity contribution in [2.45, 2.75) is 39.7 Å². The fraction of sp³-hybridized carbons (Fsp3) is 0.310. The molecule has 1 heterocycles. The van der Waals surface area contributed by atoms with Crippen molar-refractivity contribution < 1.29 is 19.8 Å². The predicted molar refractivity (Wildman–Crippen MR) is 139 cm³/mol. The lowest BCUT2D eigenvalue weighted by atomic mass is 9.60. The molecule has 3 aromatic rings. The number of carboxylic acids is 2. The topological polar surface area (TPSA) is 82.8 Å². The summed E-state index contributed by atoms with van der Waals surface area (Å²) in [6, 6.07) is 15.9. The molecule has 0 saturated carbocycles. The highest BCUT2D eigenvalue weighted by atomic mass is 16.4. The third-order valence-electron chi connectivity index (χ3n) is 7.33. The van der Waals surface area contributed by atoms with E-state index in [-0.39, 0.29) is 5.57 Å². The molecule has 1 aliphatic carbocycles. The molecule has 2 aromatic carbocycles. The Morgan fingerprint density at radius 1 is 1.00 bits per heavy atom. The summed E-state index contributed by atoms with van der Waals surface area (Å²) in [5, 5.41) is 21.5. The van der Waals surface area contributed by atoms with Gasteiger partial charge in [0.1, 0.15) is 5.92 Å². The zero-order chi connectivity index (χ0) is 25.3. The Morgan fingerprint density at radius 3 is 2.23 bits per heavy atom. The summed E-state index contributed by atoms with van der Waals surface area (Å²) in [4.78, 5) is 27.4. The molecule has 2 atom stereocenters. The Morgan fingerprint density at radius 2 is 1.66 bits per heavy atom.